The molecule has 114 valence electrons. The van der Waals surface area contributed by atoms with Gasteiger partial charge in [0.25, 0.3) is 5.79 Å². The number of ether oxygens (including phenoxy) is 3. The number of carbonyl (C=O) groups is 1. The monoisotopic (exact) mass is 287 g/mol. The van der Waals surface area contributed by atoms with Crippen LogP contribution in [-0.2, 0) is 19.0 Å². The summed E-state index contributed by atoms with van der Waals surface area (Å²) < 4.78 is 15.7. The molecule has 0 amide bonds. The Morgan fingerprint density at radius 3 is 2.25 bits per heavy atom. The number of aliphatic hydroxyl groups is 1. The molecular weight excluding hydrogens is 266 g/mol. The minimum Gasteiger partial charge on any atom is -0.495 e. The van der Waals surface area contributed by atoms with Crippen molar-refractivity contribution >= 4 is 5.97 Å². The SMILES string of the molecule is COC1=CC(C(=O)O)=CC(CN(C)C)(OC)C1(O)OC. The lowest BCUT2D eigenvalue weighted by atomic mass is 9.83. The van der Waals surface area contributed by atoms with Crippen LogP contribution in [-0.4, -0.2) is 74.4 Å². The molecule has 1 rings (SSSR count). The van der Waals surface area contributed by atoms with Crippen molar-refractivity contribution in [2.45, 2.75) is 11.4 Å². The van der Waals surface area contributed by atoms with E-state index in [1.165, 1.54) is 33.5 Å². The molecule has 0 aromatic heterocycles. The average molecular weight is 287 g/mol. The van der Waals surface area contributed by atoms with Crippen molar-refractivity contribution in [2.75, 3.05) is 42.0 Å². The number of rotatable bonds is 6. The molecule has 20 heavy (non-hydrogen) atoms. The third-order valence-electron chi connectivity index (χ3n) is 3.26. The number of carboxylic acid groups (broad SMARTS) is 1. The van der Waals surface area contributed by atoms with Gasteiger partial charge in [0.1, 0.15) is 0 Å². The van der Waals surface area contributed by atoms with E-state index >= 15 is 0 Å². The first-order chi connectivity index (χ1) is 9.26. The van der Waals surface area contributed by atoms with Gasteiger partial charge in [0.15, 0.2) is 11.4 Å². The second-order valence-corrected chi connectivity index (χ2v) is 4.80. The summed E-state index contributed by atoms with van der Waals surface area (Å²) in [6.07, 6.45) is 2.56. The van der Waals surface area contributed by atoms with Gasteiger partial charge in [-0.05, 0) is 26.2 Å². The normalized spacial score (nSPS) is 29.9. The van der Waals surface area contributed by atoms with Crippen LogP contribution in [0.5, 0.6) is 0 Å². The maximum absolute atomic E-state index is 11.2. The van der Waals surface area contributed by atoms with Gasteiger partial charge >= 0.3 is 5.97 Å². The summed E-state index contributed by atoms with van der Waals surface area (Å²) in [5.74, 6) is -3.08. The van der Waals surface area contributed by atoms with Crippen molar-refractivity contribution < 1.29 is 29.2 Å². The molecule has 7 nitrogen and oxygen atoms in total. The van der Waals surface area contributed by atoms with Crippen molar-refractivity contribution in [1.82, 2.24) is 4.90 Å². The molecule has 0 saturated carbocycles. The van der Waals surface area contributed by atoms with E-state index in [1.807, 2.05) is 0 Å². The van der Waals surface area contributed by atoms with Gasteiger partial charge in [0, 0.05) is 20.8 Å². The van der Waals surface area contributed by atoms with E-state index in [2.05, 4.69) is 0 Å². The minimum atomic E-state index is -1.92. The van der Waals surface area contributed by atoms with Crippen molar-refractivity contribution in [3.05, 3.63) is 23.5 Å². The van der Waals surface area contributed by atoms with Crippen LogP contribution >= 0.6 is 0 Å². The first kappa shape index (κ1) is 16.6. The molecule has 2 unspecified atom stereocenters. The molecule has 0 radical (unpaired) electrons. The van der Waals surface area contributed by atoms with Crippen LogP contribution in [0.4, 0.5) is 0 Å². The number of hydrogen-bond donors (Lipinski definition) is 2. The summed E-state index contributed by atoms with van der Waals surface area (Å²) in [5, 5.41) is 20.0. The topological polar surface area (TPSA) is 88.5 Å². The molecular formula is C13H21NO6. The molecule has 7 heteroatoms. The van der Waals surface area contributed by atoms with E-state index < -0.39 is 17.4 Å². The second-order valence-electron chi connectivity index (χ2n) is 4.80. The highest BCUT2D eigenvalue weighted by Crippen LogP contribution is 2.40. The van der Waals surface area contributed by atoms with Gasteiger partial charge in [-0.15, -0.1) is 0 Å². The molecule has 0 aliphatic heterocycles. The zero-order valence-electron chi connectivity index (χ0n) is 12.3. The van der Waals surface area contributed by atoms with Crippen molar-refractivity contribution in [2.24, 2.45) is 0 Å². The first-order valence-electron chi connectivity index (χ1n) is 5.96. The molecule has 0 aromatic carbocycles. The fourth-order valence-corrected chi connectivity index (χ4v) is 2.32. The van der Waals surface area contributed by atoms with Gasteiger partial charge in [0.2, 0.25) is 0 Å². The predicted octanol–water partition coefficient (Wildman–Crippen LogP) is -0.177. The molecule has 0 saturated heterocycles. The zero-order valence-corrected chi connectivity index (χ0v) is 12.3. The molecule has 0 heterocycles. The average Bonchev–Trinajstić information content (AvgIpc) is 2.39. The van der Waals surface area contributed by atoms with E-state index in [1.54, 1.807) is 19.0 Å². The summed E-state index contributed by atoms with van der Waals surface area (Å²) in [7, 11) is 7.56. The summed E-state index contributed by atoms with van der Waals surface area (Å²) >= 11 is 0. The number of carboxylic acids is 1. The van der Waals surface area contributed by atoms with Crippen LogP contribution < -0.4 is 0 Å². The third kappa shape index (κ3) is 2.57. The fraction of sp³-hybridized carbons (Fsp3) is 0.615. The molecule has 1 aliphatic carbocycles. The van der Waals surface area contributed by atoms with Gasteiger partial charge in [0.05, 0.1) is 12.7 Å². The molecule has 2 atom stereocenters. The second kappa shape index (κ2) is 5.92. The summed E-state index contributed by atoms with van der Waals surface area (Å²) in [4.78, 5) is 13.0. The standard InChI is InChI=1S/C13H21NO6/c1-14(2)8-12(19-4)7-9(11(15)16)6-10(18-3)13(12,17)20-5/h6-7,17H,8H2,1-5H3,(H,15,16). The molecule has 2 N–H and O–H groups in total. The zero-order chi connectivity index (χ0) is 15.6. The highest BCUT2D eigenvalue weighted by Gasteiger charge is 2.57. The smallest absolute Gasteiger partial charge is 0.335 e. The highest BCUT2D eigenvalue weighted by atomic mass is 16.7. The first-order valence-corrected chi connectivity index (χ1v) is 5.96. The Hall–Kier alpha value is -1.41. The predicted molar refractivity (Wildman–Crippen MR) is 71.1 cm³/mol. The van der Waals surface area contributed by atoms with Crippen LogP contribution in [0.3, 0.4) is 0 Å². The van der Waals surface area contributed by atoms with E-state index in [-0.39, 0.29) is 17.9 Å². The fourth-order valence-electron chi connectivity index (χ4n) is 2.32. The van der Waals surface area contributed by atoms with Crippen molar-refractivity contribution in [3.63, 3.8) is 0 Å². The molecule has 0 bridgehead atoms. The van der Waals surface area contributed by atoms with E-state index in [9.17, 15) is 15.0 Å². The Balaban J connectivity index is 3.49. The quantitative estimate of drug-likeness (QED) is 0.655. The Labute approximate surface area is 118 Å². The van der Waals surface area contributed by atoms with Crippen LogP contribution in [0.1, 0.15) is 0 Å². The number of aliphatic carboxylic acids is 1. The Bertz CT molecular complexity index is 444. The van der Waals surface area contributed by atoms with Gasteiger partial charge in [-0.3, -0.25) is 0 Å². The highest BCUT2D eigenvalue weighted by molar-refractivity contribution is 5.91. The summed E-state index contributed by atoms with van der Waals surface area (Å²) in [5.41, 5.74) is -1.44. The molecule has 1 aliphatic rings. The Kier molecular flexibility index (Phi) is 4.93. The van der Waals surface area contributed by atoms with Crippen LogP contribution in [0.2, 0.25) is 0 Å². The van der Waals surface area contributed by atoms with Gasteiger partial charge < -0.3 is 29.3 Å². The molecule has 0 spiro atoms. The minimum absolute atomic E-state index is 0.0244. The largest absolute Gasteiger partial charge is 0.495 e. The number of nitrogens with zero attached hydrogens (tertiary/aromatic N) is 1. The van der Waals surface area contributed by atoms with Crippen LogP contribution in [0.15, 0.2) is 23.5 Å². The summed E-state index contributed by atoms with van der Waals surface area (Å²) in [6, 6.07) is 0. The maximum Gasteiger partial charge on any atom is 0.335 e. The lowest BCUT2D eigenvalue weighted by Gasteiger charge is -2.46. The van der Waals surface area contributed by atoms with Crippen molar-refractivity contribution in [3.8, 4) is 0 Å². The lowest BCUT2D eigenvalue weighted by Crippen LogP contribution is -2.63. The number of hydrogen-bond acceptors (Lipinski definition) is 6. The number of likely N-dealkylation sites (N-methyl/N-ethyl adjacent to an activating group) is 1. The van der Waals surface area contributed by atoms with Gasteiger partial charge in [-0.2, -0.15) is 0 Å². The van der Waals surface area contributed by atoms with E-state index in [4.69, 9.17) is 14.2 Å². The van der Waals surface area contributed by atoms with E-state index in [0.29, 0.717) is 0 Å². The lowest BCUT2D eigenvalue weighted by molar-refractivity contribution is -0.275. The number of methoxy groups -OCH3 is 3. The Morgan fingerprint density at radius 2 is 1.90 bits per heavy atom. The summed E-state index contributed by atoms with van der Waals surface area (Å²) in [6.45, 7) is 0.200. The third-order valence-corrected chi connectivity index (χ3v) is 3.26. The van der Waals surface area contributed by atoms with Gasteiger partial charge in [-0.25, -0.2) is 4.79 Å². The van der Waals surface area contributed by atoms with Crippen LogP contribution in [0.25, 0.3) is 0 Å². The molecule has 0 fully saturated rings. The maximum atomic E-state index is 11.2. The Morgan fingerprint density at radius 1 is 1.30 bits per heavy atom. The van der Waals surface area contributed by atoms with Crippen molar-refractivity contribution in [1.29, 1.82) is 0 Å². The van der Waals surface area contributed by atoms with Crippen LogP contribution in [0, 0.1) is 0 Å². The van der Waals surface area contributed by atoms with E-state index in [0.717, 1.165) is 0 Å². The molecule has 0 aromatic rings. The van der Waals surface area contributed by atoms with Gasteiger partial charge in [-0.1, -0.05) is 0 Å².